The maximum atomic E-state index is 13.1. The van der Waals surface area contributed by atoms with Crippen LogP contribution in [0.15, 0.2) is 59.5 Å². The Kier molecular flexibility index (Phi) is 7.09. The molecule has 0 saturated carbocycles. The zero-order chi connectivity index (χ0) is 24.3. The number of hydrogen-bond donors (Lipinski definition) is 2. The Balaban J connectivity index is 1.90. The highest BCUT2D eigenvalue weighted by Gasteiger charge is 2.21. The number of aryl methyl sites for hydroxylation is 3. The normalized spacial score (nSPS) is 11.1. The van der Waals surface area contributed by atoms with Gasteiger partial charge in [0.1, 0.15) is 0 Å². The average Bonchev–Trinajstić information content (AvgIpc) is 2.77. The van der Waals surface area contributed by atoms with Crippen molar-refractivity contribution in [3.63, 3.8) is 0 Å². The molecule has 0 spiro atoms. The van der Waals surface area contributed by atoms with Crippen molar-refractivity contribution in [1.82, 2.24) is 0 Å². The Labute approximate surface area is 197 Å². The molecule has 0 fully saturated rings. The van der Waals surface area contributed by atoms with Crippen LogP contribution in [0.5, 0.6) is 0 Å². The van der Waals surface area contributed by atoms with Crippen molar-refractivity contribution in [2.24, 2.45) is 0 Å². The molecule has 0 radical (unpaired) electrons. The summed E-state index contributed by atoms with van der Waals surface area (Å²) in [7, 11) is -2.72. The molecule has 3 aromatic rings. The Bertz CT molecular complexity index is 1350. The summed E-state index contributed by atoms with van der Waals surface area (Å²) in [5.41, 5.74) is 3.20. The fourth-order valence-electron chi connectivity index (χ4n) is 3.15. The molecular formula is C24H23ClN2O5S. The summed E-state index contributed by atoms with van der Waals surface area (Å²) in [4.78, 5) is 24.6. The van der Waals surface area contributed by atoms with Gasteiger partial charge in [0.2, 0.25) is 0 Å². The summed E-state index contributed by atoms with van der Waals surface area (Å²) in [6.45, 7) is 5.33. The number of ether oxygens (including phenoxy) is 1. The molecule has 0 aliphatic heterocycles. The number of amides is 1. The standard InChI is InChI=1S/C24H23ClN2O5S/c1-14-5-6-15(2)21(11-14)27-33(30,31)22-12-17(8-7-16(22)3)23(28)26-18-9-10-20(25)19(13-18)24(29)32-4/h5-13,27H,1-4H3,(H,26,28). The zero-order valence-electron chi connectivity index (χ0n) is 18.5. The van der Waals surface area contributed by atoms with Gasteiger partial charge in [0.25, 0.3) is 15.9 Å². The van der Waals surface area contributed by atoms with Gasteiger partial charge in [0.15, 0.2) is 0 Å². The minimum absolute atomic E-state index is 0.0117. The summed E-state index contributed by atoms with van der Waals surface area (Å²) in [5, 5.41) is 2.83. The number of sulfonamides is 1. The Hall–Kier alpha value is -3.36. The summed E-state index contributed by atoms with van der Waals surface area (Å²) in [5.74, 6) is -1.19. The highest BCUT2D eigenvalue weighted by Crippen LogP contribution is 2.25. The first-order valence-electron chi connectivity index (χ1n) is 9.92. The van der Waals surface area contributed by atoms with E-state index in [1.54, 1.807) is 19.1 Å². The number of rotatable bonds is 6. The van der Waals surface area contributed by atoms with E-state index in [-0.39, 0.29) is 21.0 Å². The fourth-order valence-corrected chi connectivity index (χ4v) is 4.74. The highest BCUT2D eigenvalue weighted by molar-refractivity contribution is 7.92. The molecule has 7 nitrogen and oxygen atoms in total. The number of anilines is 2. The van der Waals surface area contributed by atoms with E-state index < -0.39 is 21.9 Å². The van der Waals surface area contributed by atoms with Crippen LogP contribution in [0.3, 0.4) is 0 Å². The lowest BCUT2D eigenvalue weighted by molar-refractivity contribution is 0.0600. The van der Waals surface area contributed by atoms with Crippen molar-refractivity contribution in [3.8, 4) is 0 Å². The molecule has 33 heavy (non-hydrogen) atoms. The van der Waals surface area contributed by atoms with Gasteiger partial charge < -0.3 is 10.1 Å². The van der Waals surface area contributed by atoms with Gasteiger partial charge in [0.05, 0.1) is 28.3 Å². The van der Waals surface area contributed by atoms with Crippen molar-refractivity contribution in [2.75, 3.05) is 17.1 Å². The summed E-state index contributed by atoms with van der Waals surface area (Å²) in [6.07, 6.45) is 0. The Morgan fingerprint density at radius 1 is 0.909 bits per heavy atom. The monoisotopic (exact) mass is 486 g/mol. The summed E-state index contributed by atoms with van der Waals surface area (Å²) < 4.78 is 33.5. The molecule has 0 aromatic heterocycles. The van der Waals surface area contributed by atoms with E-state index in [9.17, 15) is 18.0 Å². The number of hydrogen-bond acceptors (Lipinski definition) is 5. The molecule has 0 aliphatic carbocycles. The predicted molar refractivity (Wildman–Crippen MR) is 129 cm³/mol. The van der Waals surface area contributed by atoms with E-state index in [2.05, 4.69) is 14.8 Å². The van der Waals surface area contributed by atoms with E-state index >= 15 is 0 Å². The second-order valence-corrected chi connectivity index (χ2v) is 9.60. The minimum Gasteiger partial charge on any atom is -0.465 e. The smallest absolute Gasteiger partial charge is 0.339 e. The third-order valence-electron chi connectivity index (χ3n) is 5.01. The van der Waals surface area contributed by atoms with Crippen molar-refractivity contribution in [3.05, 3.63) is 87.4 Å². The van der Waals surface area contributed by atoms with E-state index in [0.29, 0.717) is 16.9 Å². The van der Waals surface area contributed by atoms with Crippen LogP contribution in [0.1, 0.15) is 37.4 Å². The number of esters is 1. The van der Waals surface area contributed by atoms with Crippen LogP contribution in [-0.2, 0) is 14.8 Å². The number of carbonyl (C=O) groups is 2. The molecule has 3 aromatic carbocycles. The van der Waals surface area contributed by atoms with Crippen LogP contribution in [0, 0.1) is 20.8 Å². The summed E-state index contributed by atoms with van der Waals surface area (Å²) in [6, 6.07) is 14.3. The molecule has 3 rings (SSSR count). The van der Waals surface area contributed by atoms with Crippen molar-refractivity contribution >= 4 is 44.9 Å². The van der Waals surface area contributed by atoms with Gasteiger partial charge in [-0.1, -0.05) is 29.8 Å². The molecule has 0 atom stereocenters. The van der Waals surface area contributed by atoms with E-state index in [0.717, 1.165) is 11.1 Å². The SMILES string of the molecule is COC(=O)c1cc(NC(=O)c2ccc(C)c(S(=O)(=O)Nc3cc(C)ccc3C)c2)ccc1Cl. The van der Waals surface area contributed by atoms with Gasteiger partial charge in [-0.25, -0.2) is 13.2 Å². The van der Waals surface area contributed by atoms with E-state index in [1.807, 2.05) is 26.0 Å². The van der Waals surface area contributed by atoms with E-state index in [1.165, 1.54) is 37.4 Å². The maximum Gasteiger partial charge on any atom is 0.339 e. The van der Waals surface area contributed by atoms with Crippen molar-refractivity contribution < 1.29 is 22.7 Å². The van der Waals surface area contributed by atoms with Crippen molar-refractivity contribution in [2.45, 2.75) is 25.7 Å². The second kappa shape index (κ2) is 9.64. The van der Waals surface area contributed by atoms with Gasteiger partial charge >= 0.3 is 5.97 Å². The third-order valence-corrected chi connectivity index (χ3v) is 6.84. The van der Waals surface area contributed by atoms with Crippen LogP contribution >= 0.6 is 11.6 Å². The molecule has 9 heteroatoms. The van der Waals surface area contributed by atoms with Crippen LogP contribution in [-0.4, -0.2) is 27.4 Å². The van der Waals surface area contributed by atoms with Gasteiger partial charge in [0, 0.05) is 11.3 Å². The lowest BCUT2D eigenvalue weighted by Crippen LogP contribution is -2.18. The first-order chi connectivity index (χ1) is 15.5. The Morgan fingerprint density at radius 2 is 1.61 bits per heavy atom. The van der Waals surface area contributed by atoms with Crippen molar-refractivity contribution in [1.29, 1.82) is 0 Å². The second-order valence-electron chi connectivity index (χ2n) is 7.54. The lowest BCUT2D eigenvalue weighted by Gasteiger charge is -2.14. The first-order valence-corrected chi connectivity index (χ1v) is 11.8. The molecule has 172 valence electrons. The van der Waals surface area contributed by atoms with Crippen LogP contribution in [0.25, 0.3) is 0 Å². The maximum absolute atomic E-state index is 13.1. The first kappa shape index (κ1) is 24.3. The molecule has 0 saturated heterocycles. The third kappa shape index (κ3) is 5.53. The summed E-state index contributed by atoms with van der Waals surface area (Å²) >= 11 is 6.01. The fraction of sp³-hybridized carbons (Fsp3) is 0.167. The number of halogens is 1. The molecule has 2 N–H and O–H groups in total. The molecule has 0 aliphatic rings. The number of methoxy groups -OCH3 is 1. The zero-order valence-corrected chi connectivity index (χ0v) is 20.1. The largest absolute Gasteiger partial charge is 0.465 e. The van der Waals surface area contributed by atoms with Gasteiger partial charge in [-0.2, -0.15) is 0 Å². The minimum atomic E-state index is -3.95. The van der Waals surface area contributed by atoms with Crippen LogP contribution in [0.2, 0.25) is 5.02 Å². The van der Waals surface area contributed by atoms with Gasteiger partial charge in [-0.15, -0.1) is 0 Å². The lowest BCUT2D eigenvalue weighted by atomic mass is 10.1. The average molecular weight is 487 g/mol. The molecule has 1 amide bonds. The van der Waals surface area contributed by atoms with Crippen LogP contribution < -0.4 is 10.0 Å². The topological polar surface area (TPSA) is 102 Å². The van der Waals surface area contributed by atoms with Gasteiger partial charge in [-0.05, 0) is 73.9 Å². The quantitative estimate of drug-likeness (QED) is 0.472. The molecule has 0 unspecified atom stereocenters. The predicted octanol–water partition coefficient (Wildman–Crippen LogP) is 5.10. The molecule has 0 heterocycles. The highest BCUT2D eigenvalue weighted by atomic mass is 35.5. The number of carbonyl (C=O) groups excluding carboxylic acids is 2. The molecular weight excluding hydrogens is 464 g/mol. The number of nitrogens with one attached hydrogen (secondary N) is 2. The van der Waals surface area contributed by atoms with Gasteiger partial charge in [-0.3, -0.25) is 9.52 Å². The number of benzene rings is 3. The molecule has 0 bridgehead atoms. The van der Waals surface area contributed by atoms with Crippen LogP contribution in [0.4, 0.5) is 11.4 Å². The van der Waals surface area contributed by atoms with E-state index in [4.69, 9.17) is 11.6 Å². The Morgan fingerprint density at radius 3 is 2.30 bits per heavy atom.